The molecule has 0 saturated carbocycles. The molecular weight excluding hydrogens is 457 g/mol. The molecule has 2 saturated heterocycles. The van der Waals surface area contributed by atoms with E-state index < -0.39 is 69.5 Å². The van der Waals surface area contributed by atoms with Gasteiger partial charge in [0.15, 0.2) is 11.5 Å². The van der Waals surface area contributed by atoms with Crippen molar-refractivity contribution in [2.75, 3.05) is 18.9 Å². The number of hydrogen-bond donors (Lipinski definition) is 8. The zero-order chi connectivity index (χ0) is 23.4. The first-order valence-corrected chi connectivity index (χ1v) is 10.8. The number of nitrogen functional groups attached to an aromatic ring is 1. The molecule has 2 aliphatic heterocycles. The summed E-state index contributed by atoms with van der Waals surface area (Å²) in [7, 11) is -5.30. The van der Waals surface area contributed by atoms with Gasteiger partial charge < -0.3 is 50.5 Å². The van der Waals surface area contributed by atoms with E-state index in [1.54, 1.807) is 0 Å². The molecule has 16 nitrogen and oxygen atoms in total. The predicted octanol–water partition coefficient (Wildman–Crippen LogP) is -4.23. The predicted molar refractivity (Wildman–Crippen MR) is 100 cm³/mol. The Hall–Kier alpha value is -1.82. The lowest BCUT2D eigenvalue weighted by Gasteiger charge is -2.40. The average Bonchev–Trinajstić information content (AvgIpc) is 3.37. The van der Waals surface area contributed by atoms with Gasteiger partial charge in [0.05, 0.1) is 19.5 Å². The van der Waals surface area contributed by atoms with Crippen LogP contribution >= 0.6 is 7.82 Å². The Morgan fingerprint density at radius 3 is 2.38 bits per heavy atom. The highest BCUT2D eigenvalue weighted by Crippen LogP contribution is 2.52. The van der Waals surface area contributed by atoms with Crippen LogP contribution in [0.1, 0.15) is 0 Å². The lowest BCUT2D eigenvalue weighted by molar-refractivity contribution is -0.228. The molecule has 2 fully saturated rings. The number of rotatable bonds is 6. The molecule has 0 aliphatic carbocycles. The number of phosphoric ester groups is 1. The second kappa shape index (κ2) is 8.19. The van der Waals surface area contributed by atoms with Crippen LogP contribution in [-0.4, -0.2) is 111 Å². The van der Waals surface area contributed by atoms with Crippen LogP contribution < -0.4 is 5.73 Å². The molecule has 178 valence electrons. The molecule has 32 heavy (non-hydrogen) atoms. The second-order valence-electron chi connectivity index (χ2n) is 7.40. The third kappa shape index (κ3) is 3.49. The van der Waals surface area contributed by atoms with E-state index >= 15 is 0 Å². The molecule has 2 aromatic heterocycles. The van der Waals surface area contributed by atoms with Crippen LogP contribution in [0.4, 0.5) is 5.82 Å². The minimum absolute atomic E-state index is 0.0408. The summed E-state index contributed by atoms with van der Waals surface area (Å²) in [5.41, 5.74) is 3.45. The van der Waals surface area contributed by atoms with Crippen molar-refractivity contribution in [1.29, 1.82) is 0 Å². The molecule has 17 heteroatoms. The van der Waals surface area contributed by atoms with Crippen LogP contribution in [0, 0.1) is 0 Å². The van der Waals surface area contributed by atoms with Crippen LogP contribution in [0.2, 0.25) is 0 Å². The van der Waals surface area contributed by atoms with Gasteiger partial charge in [0.25, 0.3) is 0 Å². The fraction of sp³-hybridized carbons (Fsp3) is 0.667. The van der Waals surface area contributed by atoms with Crippen molar-refractivity contribution < 1.29 is 53.9 Å². The van der Waals surface area contributed by atoms with Crippen LogP contribution in [0.3, 0.4) is 0 Å². The minimum Gasteiger partial charge on any atom is -0.394 e. The Bertz CT molecular complexity index is 1030. The molecule has 2 aliphatic rings. The molecule has 2 aromatic rings. The summed E-state index contributed by atoms with van der Waals surface area (Å²) < 4.78 is 29.1. The molecule has 0 aromatic carbocycles. The number of ether oxygens (including phenoxy) is 2. The molecule has 0 bridgehead atoms. The summed E-state index contributed by atoms with van der Waals surface area (Å²) >= 11 is 0. The average molecular weight is 479 g/mol. The van der Waals surface area contributed by atoms with Crippen molar-refractivity contribution in [3.63, 3.8) is 0 Å². The van der Waals surface area contributed by atoms with Crippen LogP contribution in [-0.2, 0) is 24.3 Å². The van der Waals surface area contributed by atoms with E-state index in [4.69, 9.17) is 19.7 Å². The molecule has 0 amide bonds. The molecule has 8 atom stereocenters. The highest BCUT2D eigenvalue weighted by atomic mass is 31.2. The zero-order valence-corrected chi connectivity index (χ0v) is 17.1. The Morgan fingerprint density at radius 2 is 1.78 bits per heavy atom. The third-order valence-electron chi connectivity index (χ3n) is 5.56. The van der Waals surface area contributed by atoms with E-state index in [0.717, 1.165) is 17.2 Å². The highest BCUT2D eigenvalue weighted by molar-refractivity contribution is 7.46. The fourth-order valence-corrected chi connectivity index (χ4v) is 4.73. The molecule has 4 heterocycles. The number of aromatic nitrogens is 4. The molecule has 1 unspecified atom stereocenters. The van der Waals surface area contributed by atoms with Crippen molar-refractivity contribution in [1.82, 2.24) is 19.5 Å². The maximum Gasteiger partial charge on any atom is 0.470 e. The Morgan fingerprint density at radius 1 is 1.09 bits per heavy atom. The summed E-state index contributed by atoms with van der Waals surface area (Å²) in [6, 6.07) is 0. The van der Waals surface area contributed by atoms with Crippen molar-refractivity contribution in [3.8, 4) is 0 Å². The molecule has 4 rings (SSSR count). The number of fused-ring (bicyclic) bond motifs is 1. The third-order valence-corrected chi connectivity index (χ3v) is 6.06. The van der Waals surface area contributed by atoms with Gasteiger partial charge in [-0.3, -0.25) is 9.09 Å². The second-order valence-corrected chi connectivity index (χ2v) is 8.59. The first-order valence-electron chi connectivity index (χ1n) is 9.32. The molecule has 9 N–H and O–H groups in total. The van der Waals surface area contributed by atoms with E-state index in [2.05, 4.69) is 15.0 Å². The summed E-state index contributed by atoms with van der Waals surface area (Å²) in [5, 5.41) is 50.9. The Labute approximate surface area is 179 Å². The summed E-state index contributed by atoms with van der Waals surface area (Å²) in [6.45, 7) is -1.54. The maximum absolute atomic E-state index is 11.8. The van der Waals surface area contributed by atoms with Gasteiger partial charge in [-0.1, -0.05) is 0 Å². The van der Waals surface area contributed by atoms with Gasteiger partial charge in [-0.2, -0.15) is 0 Å². The van der Waals surface area contributed by atoms with Crippen molar-refractivity contribution >= 4 is 24.8 Å². The van der Waals surface area contributed by atoms with Crippen LogP contribution in [0.25, 0.3) is 11.2 Å². The van der Waals surface area contributed by atoms with E-state index in [9.17, 15) is 39.9 Å². The van der Waals surface area contributed by atoms with Gasteiger partial charge >= 0.3 is 7.82 Å². The van der Waals surface area contributed by atoms with E-state index in [1.165, 1.54) is 0 Å². The molecular formula is C15H22N5O11P. The Balaban J connectivity index is 1.98. The van der Waals surface area contributed by atoms with Gasteiger partial charge in [-0.25, -0.2) is 19.5 Å². The number of nitrogens with two attached hydrogens (primary N) is 1. The minimum atomic E-state index is -5.30. The monoisotopic (exact) mass is 479 g/mol. The number of aliphatic hydroxyl groups is 5. The summed E-state index contributed by atoms with van der Waals surface area (Å²) in [5.74, 6) is -0.0604. The maximum atomic E-state index is 11.8. The topological polar surface area (TPSA) is 256 Å². The van der Waals surface area contributed by atoms with Gasteiger partial charge in [-0.05, 0) is 0 Å². The first-order chi connectivity index (χ1) is 15.0. The van der Waals surface area contributed by atoms with E-state index in [1.807, 2.05) is 0 Å². The van der Waals surface area contributed by atoms with E-state index in [-0.39, 0.29) is 17.0 Å². The summed E-state index contributed by atoms with van der Waals surface area (Å²) in [4.78, 5) is 30.9. The first kappa shape index (κ1) is 23.3. The quantitative estimate of drug-likeness (QED) is 0.183. The largest absolute Gasteiger partial charge is 0.470 e. The Kier molecular flexibility index (Phi) is 5.98. The van der Waals surface area contributed by atoms with Crippen molar-refractivity contribution in [2.24, 2.45) is 0 Å². The van der Waals surface area contributed by atoms with Gasteiger partial charge in [0.2, 0.25) is 5.72 Å². The van der Waals surface area contributed by atoms with Crippen molar-refractivity contribution in [2.45, 2.75) is 48.5 Å². The lowest BCUT2D eigenvalue weighted by Crippen LogP contribution is -2.58. The zero-order valence-electron chi connectivity index (χ0n) is 16.2. The highest BCUT2D eigenvalue weighted by Gasteiger charge is 2.68. The molecule has 0 radical (unpaired) electrons. The normalized spacial score (nSPS) is 38.0. The smallest absolute Gasteiger partial charge is 0.394 e. The fourth-order valence-electron chi connectivity index (χ4n) is 4.16. The van der Waals surface area contributed by atoms with Crippen LogP contribution in [0.5, 0.6) is 0 Å². The number of nitrogens with zero attached hydrogens (tertiary/aromatic N) is 4. The number of phosphoric acid groups is 1. The van der Waals surface area contributed by atoms with Gasteiger partial charge in [0, 0.05) is 0 Å². The number of hydrogen-bond acceptors (Lipinski definition) is 13. The van der Waals surface area contributed by atoms with Gasteiger partial charge in [0.1, 0.15) is 54.6 Å². The number of anilines is 1. The standard InChI is InChI=1S/C15H22N5O11P/c16-13-7-14(18-3-17-13)20(4-19-7)15(11-10(25)8(23)5(1-21)29-11)12(31-32(26,27)28)9(24)6(2-22)30-15/h3-6,8-12,21-25H,1-2H2,(H2,16,17,18)(H2,26,27,28)/t5-,6-,8-,9-,10-,11?,12-,15-/m1/s1. The van der Waals surface area contributed by atoms with Crippen LogP contribution in [0.15, 0.2) is 12.7 Å². The summed E-state index contributed by atoms with van der Waals surface area (Å²) in [6.07, 6.45) is -9.58. The molecule has 0 spiro atoms. The number of imidazole rings is 1. The van der Waals surface area contributed by atoms with Crippen molar-refractivity contribution in [3.05, 3.63) is 12.7 Å². The number of aliphatic hydroxyl groups excluding tert-OH is 5. The van der Waals surface area contributed by atoms with Gasteiger partial charge in [-0.15, -0.1) is 0 Å². The SMILES string of the molecule is Nc1ncnc2c1ncn2[C@]1(C2O[C@H](CO)[C@@H](O)[C@H]2O)O[C@H](CO)[C@@H](O)[C@H]1OP(=O)(O)O. The lowest BCUT2D eigenvalue weighted by atomic mass is 9.92. The van der Waals surface area contributed by atoms with E-state index in [0.29, 0.717) is 0 Å².